The smallest absolute Gasteiger partial charge is 0.255 e. The number of aryl methyl sites for hydroxylation is 2. The molecule has 0 fully saturated rings. The van der Waals surface area contributed by atoms with Crippen LogP contribution in [0.4, 0.5) is 17.2 Å². The Morgan fingerprint density at radius 2 is 1.74 bits per heavy atom. The molecule has 0 atom stereocenters. The Kier molecular flexibility index (Phi) is 5.57. The van der Waals surface area contributed by atoms with Crippen LogP contribution >= 0.6 is 0 Å². The van der Waals surface area contributed by atoms with Crippen LogP contribution in [0.15, 0.2) is 60.8 Å². The van der Waals surface area contributed by atoms with Crippen molar-refractivity contribution in [3.05, 3.63) is 77.7 Å². The maximum Gasteiger partial charge on any atom is 0.255 e. The van der Waals surface area contributed by atoms with Gasteiger partial charge in [0.05, 0.1) is 12.8 Å². The minimum atomic E-state index is -0.244. The van der Waals surface area contributed by atoms with Crippen molar-refractivity contribution >= 4 is 23.1 Å². The highest BCUT2D eigenvalue weighted by molar-refractivity contribution is 6.04. The number of hydrogen-bond acceptors (Lipinski definition) is 7. The van der Waals surface area contributed by atoms with Gasteiger partial charge in [-0.2, -0.15) is 5.10 Å². The molecule has 2 N–H and O–H groups in total. The molecule has 0 unspecified atom stereocenters. The molecular weight excluding hydrogens is 394 g/mol. The lowest BCUT2D eigenvalue weighted by Gasteiger charge is -2.09. The number of anilines is 3. The maximum atomic E-state index is 12.4. The zero-order valence-corrected chi connectivity index (χ0v) is 17.3. The summed E-state index contributed by atoms with van der Waals surface area (Å²) in [7, 11) is 1.51. The molecule has 4 aromatic rings. The Hall–Kier alpha value is -4.27. The predicted octanol–water partition coefficient (Wildman–Crippen LogP) is 3.68. The van der Waals surface area contributed by atoms with Gasteiger partial charge in [0, 0.05) is 34.9 Å². The molecule has 0 saturated heterocycles. The molecule has 1 amide bonds. The molecule has 0 aliphatic heterocycles. The molecule has 1 aromatic carbocycles. The van der Waals surface area contributed by atoms with Crippen molar-refractivity contribution in [2.24, 2.45) is 0 Å². The summed E-state index contributed by atoms with van der Waals surface area (Å²) in [6, 6.07) is 16.2. The molecule has 3 aromatic heterocycles. The highest BCUT2D eigenvalue weighted by Gasteiger charge is 2.09. The van der Waals surface area contributed by atoms with Gasteiger partial charge in [-0.25, -0.2) is 9.67 Å². The Labute approximate surface area is 179 Å². The average molecular weight is 415 g/mol. The van der Waals surface area contributed by atoms with Gasteiger partial charge >= 0.3 is 0 Å². The lowest BCUT2D eigenvalue weighted by Crippen LogP contribution is -2.12. The summed E-state index contributed by atoms with van der Waals surface area (Å²) in [5, 5.41) is 18.9. The normalized spacial score (nSPS) is 10.5. The molecule has 0 aliphatic carbocycles. The Morgan fingerprint density at radius 3 is 2.39 bits per heavy atom. The number of rotatable bonds is 6. The number of ether oxygens (including phenoxy) is 1. The van der Waals surface area contributed by atoms with Crippen molar-refractivity contribution in [3.8, 4) is 11.7 Å². The van der Waals surface area contributed by atoms with Gasteiger partial charge in [0.15, 0.2) is 11.6 Å². The molecule has 0 bridgehead atoms. The van der Waals surface area contributed by atoms with Gasteiger partial charge in [0.2, 0.25) is 5.88 Å². The first-order valence-electron chi connectivity index (χ1n) is 9.58. The Bertz CT molecular complexity index is 1200. The van der Waals surface area contributed by atoms with Crippen molar-refractivity contribution in [2.75, 3.05) is 17.7 Å². The van der Waals surface area contributed by atoms with Gasteiger partial charge in [-0.3, -0.25) is 4.79 Å². The van der Waals surface area contributed by atoms with Gasteiger partial charge in [0.1, 0.15) is 0 Å². The van der Waals surface area contributed by atoms with Crippen LogP contribution in [0.2, 0.25) is 0 Å². The third kappa shape index (κ3) is 4.67. The minimum absolute atomic E-state index is 0.244. The monoisotopic (exact) mass is 415 g/mol. The van der Waals surface area contributed by atoms with Crippen LogP contribution < -0.4 is 15.4 Å². The number of pyridine rings is 1. The third-order valence-electron chi connectivity index (χ3n) is 4.50. The molecule has 0 aliphatic rings. The van der Waals surface area contributed by atoms with E-state index in [4.69, 9.17) is 4.74 Å². The molecule has 0 radical (unpaired) electrons. The zero-order valence-electron chi connectivity index (χ0n) is 17.3. The maximum absolute atomic E-state index is 12.4. The average Bonchev–Trinajstić information content (AvgIpc) is 3.13. The summed E-state index contributed by atoms with van der Waals surface area (Å²) in [6.07, 6.45) is 1.53. The summed E-state index contributed by atoms with van der Waals surface area (Å²) >= 11 is 0. The number of carbonyl (C=O) groups excluding carboxylic acids is 1. The summed E-state index contributed by atoms with van der Waals surface area (Å²) in [4.78, 5) is 16.4. The van der Waals surface area contributed by atoms with E-state index in [1.807, 2.05) is 44.2 Å². The highest BCUT2D eigenvalue weighted by Crippen LogP contribution is 2.19. The molecule has 0 spiro atoms. The number of nitrogens with one attached hydrogen (secondary N) is 2. The first-order valence-corrected chi connectivity index (χ1v) is 9.58. The van der Waals surface area contributed by atoms with E-state index < -0.39 is 0 Å². The van der Waals surface area contributed by atoms with Gasteiger partial charge < -0.3 is 15.4 Å². The Morgan fingerprint density at radius 1 is 0.968 bits per heavy atom. The van der Waals surface area contributed by atoms with Crippen molar-refractivity contribution in [1.82, 2.24) is 25.0 Å². The zero-order chi connectivity index (χ0) is 21.8. The van der Waals surface area contributed by atoms with Crippen molar-refractivity contribution in [2.45, 2.75) is 13.8 Å². The van der Waals surface area contributed by atoms with E-state index in [2.05, 4.69) is 30.9 Å². The molecule has 4 rings (SSSR count). The molecule has 156 valence electrons. The number of carbonyl (C=O) groups is 1. The van der Waals surface area contributed by atoms with E-state index in [1.165, 1.54) is 13.3 Å². The topological polar surface area (TPSA) is 107 Å². The van der Waals surface area contributed by atoms with Crippen LogP contribution in [0.25, 0.3) is 5.82 Å². The van der Waals surface area contributed by atoms with Gasteiger partial charge in [-0.15, -0.1) is 10.2 Å². The lowest BCUT2D eigenvalue weighted by atomic mass is 10.2. The fraction of sp³-hybridized carbons (Fsp3) is 0.136. The first-order chi connectivity index (χ1) is 15.0. The van der Waals surface area contributed by atoms with Gasteiger partial charge in [0.25, 0.3) is 5.91 Å². The largest absolute Gasteiger partial charge is 0.481 e. The molecule has 0 saturated carbocycles. The molecular formula is C22H21N7O2. The van der Waals surface area contributed by atoms with E-state index in [0.29, 0.717) is 28.8 Å². The number of methoxy groups -OCH3 is 1. The molecule has 9 nitrogen and oxygen atoms in total. The molecule has 31 heavy (non-hydrogen) atoms. The number of hydrogen-bond donors (Lipinski definition) is 2. The summed E-state index contributed by atoms with van der Waals surface area (Å²) < 4.78 is 6.80. The lowest BCUT2D eigenvalue weighted by molar-refractivity contribution is 0.102. The summed E-state index contributed by atoms with van der Waals surface area (Å²) in [5.74, 6) is 1.40. The number of amides is 1. The van der Waals surface area contributed by atoms with Crippen LogP contribution in [0.3, 0.4) is 0 Å². The quantitative estimate of drug-likeness (QED) is 0.495. The van der Waals surface area contributed by atoms with E-state index in [1.54, 1.807) is 28.9 Å². The fourth-order valence-electron chi connectivity index (χ4n) is 3.02. The number of benzene rings is 1. The fourth-order valence-corrected chi connectivity index (χ4v) is 3.02. The predicted molar refractivity (Wildman–Crippen MR) is 117 cm³/mol. The van der Waals surface area contributed by atoms with Gasteiger partial charge in [-0.1, -0.05) is 0 Å². The van der Waals surface area contributed by atoms with Crippen LogP contribution in [-0.2, 0) is 0 Å². The standard InChI is InChI=1S/C22H21N7O2/c1-14-12-15(2)29(28-14)20-9-8-19(26-27-20)24-17-4-6-18(7-5-17)25-22(30)16-10-11-23-21(13-16)31-3/h4-13H,1-3H3,(H,24,26)(H,25,30). The second kappa shape index (κ2) is 8.62. The van der Waals surface area contributed by atoms with Crippen molar-refractivity contribution in [3.63, 3.8) is 0 Å². The van der Waals surface area contributed by atoms with E-state index in [0.717, 1.165) is 17.1 Å². The van der Waals surface area contributed by atoms with Crippen molar-refractivity contribution < 1.29 is 9.53 Å². The highest BCUT2D eigenvalue weighted by atomic mass is 16.5. The minimum Gasteiger partial charge on any atom is -0.481 e. The van der Waals surface area contributed by atoms with Crippen LogP contribution in [0.5, 0.6) is 5.88 Å². The number of aromatic nitrogens is 5. The summed E-state index contributed by atoms with van der Waals surface area (Å²) in [6.45, 7) is 3.91. The van der Waals surface area contributed by atoms with Crippen LogP contribution in [-0.4, -0.2) is 38.0 Å². The summed E-state index contributed by atoms with van der Waals surface area (Å²) in [5.41, 5.74) is 3.87. The van der Waals surface area contributed by atoms with Gasteiger partial charge in [-0.05, 0) is 62.4 Å². The van der Waals surface area contributed by atoms with Crippen LogP contribution in [0.1, 0.15) is 21.7 Å². The SMILES string of the molecule is COc1cc(C(=O)Nc2ccc(Nc3ccc(-n4nc(C)cc4C)nn3)cc2)ccn1. The second-order valence-electron chi connectivity index (χ2n) is 6.86. The Balaban J connectivity index is 1.40. The number of nitrogens with zero attached hydrogens (tertiary/aromatic N) is 5. The first kappa shape index (κ1) is 20.0. The van der Waals surface area contributed by atoms with E-state index in [9.17, 15) is 4.79 Å². The van der Waals surface area contributed by atoms with Crippen LogP contribution in [0, 0.1) is 13.8 Å². The molecule has 3 heterocycles. The second-order valence-corrected chi connectivity index (χ2v) is 6.86. The molecule has 9 heteroatoms. The third-order valence-corrected chi connectivity index (χ3v) is 4.50. The van der Waals surface area contributed by atoms with Crippen molar-refractivity contribution in [1.29, 1.82) is 0 Å². The van der Waals surface area contributed by atoms with E-state index in [-0.39, 0.29) is 5.91 Å². The van der Waals surface area contributed by atoms with E-state index >= 15 is 0 Å².